The third-order valence-electron chi connectivity index (χ3n) is 8.71. The molecule has 14 heteroatoms. The van der Waals surface area contributed by atoms with Gasteiger partial charge in [-0.2, -0.15) is 4.39 Å². The number of benzene rings is 2. The third kappa shape index (κ3) is 6.57. The van der Waals surface area contributed by atoms with Crippen LogP contribution in [0.4, 0.5) is 26.4 Å². The number of hydrogen-bond donors (Lipinski definition) is 4. The molecule has 3 amide bonds. The van der Waals surface area contributed by atoms with Crippen molar-refractivity contribution in [3.63, 3.8) is 0 Å². The van der Waals surface area contributed by atoms with Crippen molar-refractivity contribution in [1.82, 2.24) is 14.9 Å². The molecule has 4 N–H and O–H groups in total. The highest BCUT2D eigenvalue weighted by atomic mass is 35.5. The van der Waals surface area contributed by atoms with Crippen LogP contribution < -0.4 is 15.5 Å². The molecule has 0 bridgehead atoms. The van der Waals surface area contributed by atoms with E-state index in [1.54, 1.807) is 23.1 Å². The number of aromatic nitrogens is 2. The first-order valence-electron chi connectivity index (χ1n) is 16.0. The Bertz CT molecular complexity index is 2120. The number of nitrogens with zero attached hydrogens (tertiary/aromatic N) is 4. The van der Waals surface area contributed by atoms with Crippen LogP contribution >= 0.6 is 22.9 Å². The zero-order chi connectivity index (χ0) is 35.1. The lowest BCUT2D eigenvalue weighted by Crippen LogP contribution is -2.37. The highest BCUT2D eigenvalue weighted by Gasteiger charge is 2.31. The standard InChI is InChI=1S/C36H32ClFN6O5S/c1-19(2)24-16-25(29(46)17-28(24)45)35(47)44-10-9-23-30(18-44)50-34-31(23)33(43-11-13-49-14-12-43)41-32(42-34)20-3-5-21(6-4-20)39-36(48)40-22-7-8-27(38)26(37)15-22/h3-6,15-17,19,45-46H,9-14,18H2,1-2H3,(H2,39,40,48). The number of phenolic OH excluding ortho intramolecular Hbond substituents is 2. The lowest BCUT2D eigenvalue weighted by atomic mass is 9.97. The van der Waals surface area contributed by atoms with Crippen LogP contribution in [0.3, 0.4) is 0 Å². The molecule has 0 atom stereocenters. The molecule has 2 aliphatic heterocycles. The van der Waals surface area contributed by atoms with Gasteiger partial charge in [-0.3, -0.25) is 4.79 Å². The van der Waals surface area contributed by atoms with Crippen molar-refractivity contribution in [2.75, 3.05) is 48.4 Å². The number of amides is 3. The first-order valence-corrected chi connectivity index (χ1v) is 17.2. The van der Waals surface area contributed by atoms with Crippen LogP contribution in [0.2, 0.25) is 5.02 Å². The molecule has 7 rings (SSSR count). The van der Waals surface area contributed by atoms with Crippen LogP contribution in [-0.2, 0) is 17.7 Å². The molecule has 0 spiro atoms. The number of halogens is 2. The predicted octanol–water partition coefficient (Wildman–Crippen LogP) is 6.96. The molecule has 1 fully saturated rings. The van der Waals surface area contributed by atoms with E-state index in [1.165, 1.54) is 23.5 Å². The number of carbonyl (C=O) groups excluding carboxylic acids is 2. The van der Waals surface area contributed by atoms with E-state index >= 15 is 0 Å². The van der Waals surface area contributed by atoms with Crippen LogP contribution in [0.1, 0.15) is 46.1 Å². The Kier molecular flexibility index (Phi) is 9.09. The maximum Gasteiger partial charge on any atom is 0.324 e. The van der Waals surface area contributed by atoms with E-state index in [9.17, 15) is 24.2 Å². The summed E-state index contributed by atoms with van der Waals surface area (Å²) in [4.78, 5) is 42.0. The number of nitrogens with one attached hydrogen (secondary N) is 2. The number of thiophene rings is 1. The summed E-state index contributed by atoms with van der Waals surface area (Å²) in [7, 11) is 0. The minimum Gasteiger partial charge on any atom is -0.508 e. The highest BCUT2D eigenvalue weighted by Crippen LogP contribution is 2.41. The molecule has 11 nitrogen and oxygen atoms in total. The third-order valence-corrected chi connectivity index (χ3v) is 10.1. The fourth-order valence-corrected chi connectivity index (χ4v) is 7.53. The molecular formula is C36H32ClFN6O5S. The molecule has 0 unspecified atom stereocenters. The Hall–Kier alpha value is -5.16. The monoisotopic (exact) mass is 714 g/mol. The summed E-state index contributed by atoms with van der Waals surface area (Å²) in [5.74, 6) is -0.0300. The predicted molar refractivity (Wildman–Crippen MR) is 190 cm³/mol. The smallest absolute Gasteiger partial charge is 0.324 e. The van der Waals surface area contributed by atoms with Gasteiger partial charge < -0.3 is 35.4 Å². The van der Waals surface area contributed by atoms with Gasteiger partial charge in [-0.1, -0.05) is 25.4 Å². The van der Waals surface area contributed by atoms with Gasteiger partial charge in [0, 0.05) is 41.8 Å². The first-order chi connectivity index (χ1) is 24.0. The van der Waals surface area contributed by atoms with Gasteiger partial charge in [0.05, 0.1) is 41.4 Å². The Morgan fingerprint density at radius 3 is 2.50 bits per heavy atom. The van der Waals surface area contributed by atoms with E-state index in [4.69, 9.17) is 26.3 Å². The van der Waals surface area contributed by atoms with Gasteiger partial charge in [0.1, 0.15) is 22.1 Å². The van der Waals surface area contributed by atoms with E-state index < -0.39 is 11.8 Å². The summed E-state index contributed by atoms with van der Waals surface area (Å²) in [6, 6.07) is 15.3. The summed E-state index contributed by atoms with van der Waals surface area (Å²) < 4.78 is 19.0. The number of fused-ring (bicyclic) bond motifs is 3. The number of rotatable bonds is 6. The second-order valence-corrected chi connectivity index (χ2v) is 13.8. The summed E-state index contributed by atoms with van der Waals surface area (Å²) in [5, 5.41) is 27.0. The van der Waals surface area contributed by atoms with Gasteiger partial charge in [0.15, 0.2) is 11.6 Å². The molecule has 2 aromatic heterocycles. The second kappa shape index (κ2) is 13.6. The highest BCUT2D eigenvalue weighted by molar-refractivity contribution is 7.19. The van der Waals surface area contributed by atoms with E-state index in [2.05, 4.69) is 27.7 Å². The largest absolute Gasteiger partial charge is 0.508 e. The molecule has 1 saturated heterocycles. The quantitative estimate of drug-likeness (QED) is 0.148. The van der Waals surface area contributed by atoms with E-state index in [-0.39, 0.29) is 39.6 Å². The van der Waals surface area contributed by atoms with Crippen LogP contribution in [0.5, 0.6) is 11.5 Å². The second-order valence-electron chi connectivity index (χ2n) is 12.3. The van der Waals surface area contributed by atoms with Crippen molar-refractivity contribution in [1.29, 1.82) is 0 Å². The van der Waals surface area contributed by atoms with Crippen molar-refractivity contribution in [2.24, 2.45) is 0 Å². The molecule has 0 saturated carbocycles. The van der Waals surface area contributed by atoms with Gasteiger partial charge in [-0.05, 0) is 72.0 Å². The van der Waals surface area contributed by atoms with Crippen LogP contribution in [-0.4, -0.2) is 69.9 Å². The number of phenols is 2. The number of aromatic hydroxyl groups is 2. The van der Waals surface area contributed by atoms with E-state index in [1.807, 2.05) is 26.0 Å². The molecule has 0 aliphatic carbocycles. The summed E-state index contributed by atoms with van der Waals surface area (Å²) in [6.45, 7) is 7.14. The molecule has 50 heavy (non-hydrogen) atoms. The van der Waals surface area contributed by atoms with Crippen molar-refractivity contribution in [3.05, 3.63) is 87.0 Å². The number of carbonyl (C=O) groups is 2. The fourth-order valence-electron chi connectivity index (χ4n) is 6.14. The van der Waals surface area contributed by atoms with Crippen LogP contribution in [0.25, 0.3) is 21.6 Å². The van der Waals surface area contributed by atoms with Gasteiger partial charge in [-0.15, -0.1) is 11.3 Å². The maximum absolute atomic E-state index is 13.7. The number of hydrogen-bond acceptors (Lipinski definition) is 9. The molecule has 4 heterocycles. The lowest BCUT2D eigenvalue weighted by molar-refractivity contribution is 0.0734. The van der Waals surface area contributed by atoms with Crippen molar-refractivity contribution >= 4 is 62.3 Å². The zero-order valence-electron chi connectivity index (χ0n) is 27.1. The number of morpholine rings is 1. The summed E-state index contributed by atoms with van der Waals surface area (Å²) in [6.07, 6.45) is 0.597. The van der Waals surface area contributed by atoms with Crippen LogP contribution in [0.15, 0.2) is 42.5 Å². The van der Waals surface area contributed by atoms with E-state index in [0.29, 0.717) is 62.9 Å². The summed E-state index contributed by atoms with van der Waals surface area (Å²) >= 11 is 7.30. The maximum atomic E-state index is 13.7. The van der Waals surface area contributed by atoms with Crippen molar-refractivity contribution < 1.29 is 28.9 Å². The SMILES string of the molecule is CC(C)c1cc(C(=O)N2CCc3c(sc4nc(-c5ccc(NC(=O)Nc6c#cc(F)c(Cl)c6)cc5)nc(N5CCOCC5)c34)C2)c(O)cc1O. The minimum absolute atomic E-state index is 0.0263. The van der Waals surface area contributed by atoms with Gasteiger partial charge in [0.2, 0.25) is 0 Å². The van der Waals surface area contributed by atoms with Crippen molar-refractivity contribution in [3.8, 4) is 22.9 Å². The normalized spacial score (nSPS) is 14.4. The topological polar surface area (TPSA) is 140 Å². The molecule has 3 aromatic carbocycles. The number of anilines is 3. The van der Waals surface area contributed by atoms with Gasteiger partial charge in [-0.25, -0.2) is 14.8 Å². The Labute approximate surface area is 296 Å². The Morgan fingerprint density at radius 2 is 1.78 bits per heavy atom. The molecule has 5 aromatic rings. The fraction of sp³-hybridized carbons (Fsp3) is 0.278. The van der Waals surface area contributed by atoms with Gasteiger partial charge >= 0.3 is 6.03 Å². The Morgan fingerprint density at radius 1 is 1.02 bits per heavy atom. The molecule has 256 valence electrons. The Balaban J connectivity index is 1.16. The van der Waals surface area contributed by atoms with Crippen LogP contribution in [0, 0.1) is 17.9 Å². The number of ether oxygens (including phenoxy) is 1. The van der Waals surface area contributed by atoms with E-state index in [0.717, 1.165) is 32.0 Å². The number of urea groups is 1. The zero-order valence-corrected chi connectivity index (χ0v) is 28.7. The molecule has 2 aliphatic rings. The lowest BCUT2D eigenvalue weighted by Gasteiger charge is -2.30. The average Bonchev–Trinajstić information content (AvgIpc) is 3.47. The van der Waals surface area contributed by atoms with Crippen molar-refractivity contribution in [2.45, 2.75) is 32.7 Å². The average molecular weight is 715 g/mol. The summed E-state index contributed by atoms with van der Waals surface area (Å²) in [5.41, 5.74) is 3.31. The first kappa shape index (κ1) is 33.3. The minimum atomic E-state index is -0.753. The van der Waals surface area contributed by atoms with Gasteiger partial charge in [0.25, 0.3) is 5.91 Å². The molecular weight excluding hydrogens is 683 g/mol. The molecule has 0 radical (unpaired) electrons.